The van der Waals surface area contributed by atoms with Gasteiger partial charge in [-0.1, -0.05) is 48.0 Å². The number of aromatic amines is 3. The first-order valence-corrected chi connectivity index (χ1v) is 15.3. The van der Waals surface area contributed by atoms with E-state index in [-0.39, 0.29) is 11.4 Å². The van der Waals surface area contributed by atoms with Gasteiger partial charge >= 0.3 is 0 Å². The first kappa shape index (κ1) is 28.9. The highest BCUT2D eigenvalue weighted by atomic mass is 35.5. The van der Waals surface area contributed by atoms with Crippen molar-refractivity contribution in [2.45, 2.75) is 0 Å². The van der Waals surface area contributed by atoms with Crippen molar-refractivity contribution in [3.8, 4) is 33.4 Å². The van der Waals surface area contributed by atoms with Gasteiger partial charge in [0, 0.05) is 73.6 Å². The summed E-state index contributed by atoms with van der Waals surface area (Å²) >= 11 is 6.29. The molecule has 11 heteroatoms. The van der Waals surface area contributed by atoms with E-state index in [0.717, 1.165) is 49.8 Å². The summed E-state index contributed by atoms with van der Waals surface area (Å²) in [5.74, 6) is 0. The van der Waals surface area contributed by atoms with Crippen LogP contribution in [0.5, 0.6) is 0 Å². The molecule has 0 unspecified atom stereocenters. The minimum atomic E-state index is -0.411. The first-order valence-electron chi connectivity index (χ1n) is 14.9. The normalized spacial score (nSPS) is 11.7. The molecule has 0 fully saturated rings. The molecule has 0 spiro atoms. The molecule has 0 radical (unpaired) electrons. The number of hydrogen-bond acceptors (Lipinski definition) is 5. The summed E-state index contributed by atoms with van der Waals surface area (Å²) in [6, 6.07) is 32.3. The Bertz CT molecular complexity index is 2600. The van der Waals surface area contributed by atoms with Crippen molar-refractivity contribution in [3.05, 3.63) is 146 Å². The highest BCUT2D eigenvalue weighted by Crippen LogP contribution is 2.37. The Labute approximate surface area is 276 Å². The van der Waals surface area contributed by atoms with E-state index in [2.05, 4.69) is 15.0 Å². The third-order valence-corrected chi connectivity index (χ3v) is 8.65. The fraction of sp³-hybridized carbons (Fsp3) is 0. The predicted molar refractivity (Wildman–Crippen MR) is 190 cm³/mol. The zero-order chi connectivity index (χ0) is 32.9. The zero-order valence-corrected chi connectivity index (χ0v) is 25.7. The van der Waals surface area contributed by atoms with Gasteiger partial charge in [-0.2, -0.15) is 0 Å². The number of nitrogens with one attached hydrogen (secondary N) is 3. The van der Waals surface area contributed by atoms with Crippen molar-refractivity contribution >= 4 is 68.2 Å². The van der Waals surface area contributed by atoms with E-state index in [1.165, 1.54) is 12.1 Å². The third-order valence-electron chi connectivity index (χ3n) is 8.40. The SMILES string of the molecule is O=[N+]([O-])c1cccc(-c2c3nc(c4ccc([nH]4)c(-c4cccc([N+](=O)[O-])c4)c4ccc([nH]4)c(-c4ccc(Cl)cc4)c4ccc2[nH]4)C=C3)c1. The van der Waals surface area contributed by atoms with E-state index >= 15 is 0 Å². The number of benzene rings is 3. The molecule has 48 heavy (non-hydrogen) atoms. The van der Waals surface area contributed by atoms with Gasteiger partial charge in [-0.3, -0.25) is 20.2 Å². The molecule has 3 N–H and O–H groups in total. The van der Waals surface area contributed by atoms with Crippen LogP contribution in [0.25, 0.3) is 78.6 Å². The summed E-state index contributed by atoms with van der Waals surface area (Å²) < 4.78 is 0. The molecule has 3 aromatic carbocycles. The highest BCUT2D eigenvalue weighted by molar-refractivity contribution is 6.30. The lowest BCUT2D eigenvalue weighted by molar-refractivity contribution is -0.385. The van der Waals surface area contributed by atoms with Gasteiger partial charge in [0.1, 0.15) is 0 Å². The van der Waals surface area contributed by atoms with Gasteiger partial charge < -0.3 is 15.0 Å². The predicted octanol–water partition coefficient (Wildman–Crippen LogP) is 10.2. The molecule has 0 saturated heterocycles. The van der Waals surface area contributed by atoms with Crippen molar-refractivity contribution in [2.24, 2.45) is 0 Å². The number of nitrogens with zero attached hydrogens (tertiary/aromatic N) is 3. The van der Waals surface area contributed by atoms with Gasteiger partial charge in [-0.25, -0.2) is 4.98 Å². The largest absolute Gasteiger partial charge is 0.354 e. The van der Waals surface area contributed by atoms with Crippen molar-refractivity contribution in [2.75, 3.05) is 0 Å². The molecule has 232 valence electrons. The summed E-state index contributed by atoms with van der Waals surface area (Å²) in [6.07, 6.45) is 3.78. The fourth-order valence-electron chi connectivity index (χ4n) is 6.24. The van der Waals surface area contributed by atoms with Crippen LogP contribution < -0.4 is 0 Å². The van der Waals surface area contributed by atoms with Gasteiger partial charge in [-0.15, -0.1) is 0 Å². The molecule has 1 aliphatic rings. The standard InChI is InChI=1S/C37H23ClN6O4/c38-24-9-7-21(8-10-24)35-29-15-17-33(41-29)36(22-3-1-5-25(19-22)43(45)46)31-13-11-27(39-31)28-12-14-32(40-28)37(34-18-16-30(35)42-34)23-4-2-6-26(20-23)44(47)48/h1-20,39,41-42H. The Morgan fingerprint density at radius 2 is 0.938 bits per heavy atom. The number of rotatable bonds is 5. The van der Waals surface area contributed by atoms with Crippen LogP contribution in [0.15, 0.2) is 109 Å². The number of halogens is 1. The molecule has 7 aromatic rings. The summed E-state index contributed by atoms with van der Waals surface area (Å²) in [5.41, 5.74) is 10.2. The number of nitro groups is 2. The number of nitro benzene ring substituents is 2. The van der Waals surface area contributed by atoms with E-state index in [1.807, 2.05) is 84.9 Å². The van der Waals surface area contributed by atoms with Crippen molar-refractivity contribution in [1.82, 2.24) is 19.9 Å². The minimum Gasteiger partial charge on any atom is -0.354 e. The number of non-ortho nitro benzene ring substituents is 2. The van der Waals surface area contributed by atoms with Gasteiger partial charge in [0.2, 0.25) is 0 Å². The van der Waals surface area contributed by atoms with Crippen molar-refractivity contribution < 1.29 is 9.85 Å². The number of hydrogen-bond donors (Lipinski definition) is 3. The minimum absolute atomic E-state index is 0.0201. The maximum Gasteiger partial charge on any atom is 0.270 e. The molecule has 0 saturated carbocycles. The molecule has 5 heterocycles. The van der Waals surface area contributed by atoms with E-state index in [0.29, 0.717) is 33.1 Å². The lowest BCUT2D eigenvalue weighted by Crippen LogP contribution is -1.90. The maximum absolute atomic E-state index is 11.8. The van der Waals surface area contributed by atoms with Crippen molar-refractivity contribution in [1.29, 1.82) is 0 Å². The smallest absolute Gasteiger partial charge is 0.270 e. The Kier molecular flexibility index (Phi) is 6.85. The Hall–Kier alpha value is -6.52. The number of aromatic nitrogens is 4. The molecule has 0 atom stereocenters. The van der Waals surface area contributed by atoms with Crippen LogP contribution >= 0.6 is 11.6 Å². The average Bonchev–Trinajstić information content (AvgIpc) is 3.92. The molecule has 0 aliphatic carbocycles. The van der Waals surface area contributed by atoms with E-state index in [1.54, 1.807) is 24.3 Å². The summed E-state index contributed by atoms with van der Waals surface area (Å²) in [6.45, 7) is 0. The van der Waals surface area contributed by atoms with E-state index in [4.69, 9.17) is 16.6 Å². The molecule has 10 nitrogen and oxygen atoms in total. The zero-order valence-electron chi connectivity index (χ0n) is 24.9. The maximum atomic E-state index is 11.8. The lowest BCUT2D eigenvalue weighted by Gasteiger charge is -2.05. The lowest BCUT2D eigenvalue weighted by atomic mass is 10.0. The van der Waals surface area contributed by atoms with Crippen LogP contribution in [0.1, 0.15) is 11.4 Å². The molecule has 1 aliphatic heterocycles. The fourth-order valence-corrected chi connectivity index (χ4v) is 6.36. The molecule has 0 amide bonds. The van der Waals surface area contributed by atoms with Crippen LogP contribution in [-0.2, 0) is 0 Å². The number of fused-ring (bicyclic) bond motifs is 9. The summed E-state index contributed by atoms with van der Waals surface area (Å²) in [4.78, 5) is 38.3. The summed E-state index contributed by atoms with van der Waals surface area (Å²) in [5, 5.41) is 24.1. The second-order valence-corrected chi connectivity index (χ2v) is 11.8. The van der Waals surface area contributed by atoms with E-state index < -0.39 is 9.85 Å². The second-order valence-electron chi connectivity index (χ2n) is 11.3. The summed E-state index contributed by atoms with van der Waals surface area (Å²) in [7, 11) is 0. The Morgan fingerprint density at radius 1 is 0.500 bits per heavy atom. The van der Waals surface area contributed by atoms with Crippen LogP contribution in [0.4, 0.5) is 11.4 Å². The van der Waals surface area contributed by atoms with Crippen LogP contribution in [0.3, 0.4) is 0 Å². The van der Waals surface area contributed by atoms with Crippen molar-refractivity contribution in [3.63, 3.8) is 0 Å². The monoisotopic (exact) mass is 650 g/mol. The Morgan fingerprint density at radius 3 is 1.48 bits per heavy atom. The highest BCUT2D eigenvalue weighted by Gasteiger charge is 2.17. The third kappa shape index (κ3) is 5.06. The topological polar surface area (TPSA) is 147 Å². The van der Waals surface area contributed by atoms with Gasteiger partial charge in [0.05, 0.1) is 26.8 Å². The van der Waals surface area contributed by atoms with E-state index in [9.17, 15) is 20.2 Å². The second kappa shape index (κ2) is 11.4. The Balaban J connectivity index is 1.54. The molecular formula is C37H23ClN6O4. The molecular weight excluding hydrogens is 628 g/mol. The van der Waals surface area contributed by atoms with Crippen LogP contribution in [0, 0.1) is 20.2 Å². The molecule has 8 rings (SSSR count). The van der Waals surface area contributed by atoms with Gasteiger partial charge in [0.15, 0.2) is 0 Å². The number of H-pyrrole nitrogens is 3. The molecule has 4 aromatic heterocycles. The average molecular weight is 651 g/mol. The van der Waals surface area contributed by atoms with Gasteiger partial charge in [-0.05, 0) is 77.4 Å². The van der Waals surface area contributed by atoms with Crippen LogP contribution in [-0.4, -0.2) is 29.8 Å². The van der Waals surface area contributed by atoms with Gasteiger partial charge in [0.25, 0.3) is 11.4 Å². The first-order chi connectivity index (χ1) is 23.3. The quantitative estimate of drug-likeness (QED) is 0.125. The molecule has 8 bridgehead atoms. The van der Waals surface area contributed by atoms with Crippen LogP contribution in [0.2, 0.25) is 5.02 Å².